The molecule has 1 aliphatic carbocycles. The number of hydrogen-bond acceptors (Lipinski definition) is 2. The van der Waals surface area contributed by atoms with Crippen LogP contribution < -0.4 is 5.32 Å². The van der Waals surface area contributed by atoms with Crippen molar-refractivity contribution in [1.82, 2.24) is 15.3 Å². The van der Waals surface area contributed by atoms with Gasteiger partial charge in [0, 0.05) is 17.4 Å². The summed E-state index contributed by atoms with van der Waals surface area (Å²) in [5.74, 6) is 1.12. The van der Waals surface area contributed by atoms with Crippen LogP contribution in [-0.2, 0) is 16.6 Å². The number of para-hydroxylation sites is 2. The van der Waals surface area contributed by atoms with Crippen LogP contribution >= 0.6 is 15.9 Å². The Morgan fingerprint density at radius 2 is 2.04 bits per heavy atom. The molecule has 4 nitrogen and oxygen atoms in total. The van der Waals surface area contributed by atoms with E-state index in [0.717, 1.165) is 52.6 Å². The molecule has 0 unspecified atom stereocenters. The monoisotopic (exact) mass is 397 g/mol. The minimum absolute atomic E-state index is 0.148. The van der Waals surface area contributed by atoms with Crippen LogP contribution in [0.5, 0.6) is 0 Å². The Morgan fingerprint density at radius 1 is 1.20 bits per heavy atom. The highest BCUT2D eigenvalue weighted by Crippen LogP contribution is 2.48. The van der Waals surface area contributed by atoms with E-state index in [9.17, 15) is 4.79 Å². The van der Waals surface area contributed by atoms with Gasteiger partial charge < -0.3 is 10.3 Å². The van der Waals surface area contributed by atoms with Crippen LogP contribution in [0.15, 0.2) is 53.0 Å². The van der Waals surface area contributed by atoms with E-state index in [2.05, 4.69) is 37.3 Å². The lowest BCUT2D eigenvalue weighted by Crippen LogP contribution is -2.35. The number of carbonyl (C=O) groups is 1. The molecule has 0 atom stereocenters. The predicted octanol–water partition coefficient (Wildman–Crippen LogP) is 4.11. The van der Waals surface area contributed by atoms with Crippen LogP contribution in [-0.4, -0.2) is 22.4 Å². The zero-order valence-electron chi connectivity index (χ0n) is 13.9. The zero-order valence-corrected chi connectivity index (χ0v) is 15.5. The van der Waals surface area contributed by atoms with Gasteiger partial charge in [0.2, 0.25) is 5.91 Å². The summed E-state index contributed by atoms with van der Waals surface area (Å²) in [6.45, 7) is 0.672. The summed E-state index contributed by atoms with van der Waals surface area (Å²) >= 11 is 3.49. The van der Waals surface area contributed by atoms with Gasteiger partial charge in [0.25, 0.3) is 0 Å². The number of aryl methyl sites for hydroxylation is 1. The summed E-state index contributed by atoms with van der Waals surface area (Å²) in [6, 6.07) is 16.1. The number of nitrogens with one attached hydrogen (secondary N) is 2. The average molecular weight is 398 g/mol. The van der Waals surface area contributed by atoms with Crippen molar-refractivity contribution >= 4 is 32.9 Å². The molecule has 1 amide bonds. The number of aromatic amines is 1. The first-order valence-electron chi connectivity index (χ1n) is 8.65. The SMILES string of the molecule is O=C(NCCCc1nc2ccccc2[nH]1)C1(c2cccc(Br)c2)CC1. The number of nitrogens with zero attached hydrogens (tertiary/aromatic N) is 1. The standard InChI is InChI=1S/C20H20BrN3O/c21-15-6-3-5-14(13-15)20(10-11-20)19(25)22-12-4-9-18-23-16-7-1-2-8-17(16)24-18/h1-3,5-8,13H,4,9-12H2,(H,22,25)(H,23,24). The van der Waals surface area contributed by atoms with Gasteiger partial charge in [0.1, 0.15) is 5.82 Å². The maximum atomic E-state index is 12.6. The summed E-state index contributed by atoms with van der Waals surface area (Å²) in [7, 11) is 0. The Morgan fingerprint density at radius 3 is 2.80 bits per heavy atom. The van der Waals surface area contributed by atoms with Gasteiger partial charge in [-0.05, 0) is 49.1 Å². The summed E-state index contributed by atoms with van der Waals surface area (Å²) < 4.78 is 1.02. The summed E-state index contributed by atoms with van der Waals surface area (Å²) in [5, 5.41) is 3.11. The summed E-state index contributed by atoms with van der Waals surface area (Å²) in [6.07, 6.45) is 3.57. The number of carbonyl (C=O) groups excluding carboxylic acids is 1. The highest BCUT2D eigenvalue weighted by Gasteiger charge is 2.51. The van der Waals surface area contributed by atoms with Gasteiger partial charge in [0.15, 0.2) is 0 Å². The number of halogens is 1. The van der Waals surface area contributed by atoms with E-state index in [0.29, 0.717) is 6.54 Å². The number of H-pyrrole nitrogens is 1. The molecule has 2 aromatic carbocycles. The Kier molecular flexibility index (Phi) is 4.34. The third kappa shape index (κ3) is 3.33. The van der Waals surface area contributed by atoms with Crippen molar-refractivity contribution in [2.24, 2.45) is 0 Å². The molecule has 3 aromatic rings. The van der Waals surface area contributed by atoms with Crippen LogP contribution in [0.1, 0.15) is 30.7 Å². The molecule has 4 rings (SSSR count). The number of rotatable bonds is 6. The van der Waals surface area contributed by atoms with E-state index < -0.39 is 0 Å². The van der Waals surface area contributed by atoms with E-state index in [1.54, 1.807) is 0 Å². The summed E-state index contributed by atoms with van der Waals surface area (Å²) in [5.41, 5.74) is 2.85. The molecule has 0 bridgehead atoms. The van der Waals surface area contributed by atoms with E-state index in [-0.39, 0.29) is 11.3 Å². The van der Waals surface area contributed by atoms with E-state index in [4.69, 9.17) is 0 Å². The van der Waals surface area contributed by atoms with Gasteiger partial charge >= 0.3 is 0 Å². The molecule has 1 fully saturated rings. The number of amides is 1. The Balaban J connectivity index is 1.32. The van der Waals surface area contributed by atoms with Gasteiger partial charge in [-0.25, -0.2) is 4.98 Å². The number of aromatic nitrogens is 2. The molecular weight excluding hydrogens is 378 g/mol. The van der Waals surface area contributed by atoms with Crippen LogP contribution in [0.3, 0.4) is 0 Å². The van der Waals surface area contributed by atoms with Crippen molar-refractivity contribution in [2.75, 3.05) is 6.54 Å². The molecule has 2 N–H and O–H groups in total. The Hall–Kier alpha value is -2.14. The van der Waals surface area contributed by atoms with Crippen LogP contribution in [0.25, 0.3) is 11.0 Å². The predicted molar refractivity (Wildman–Crippen MR) is 102 cm³/mol. The van der Waals surface area contributed by atoms with Crippen molar-refractivity contribution in [1.29, 1.82) is 0 Å². The lowest BCUT2D eigenvalue weighted by atomic mass is 9.95. The fraction of sp³-hybridized carbons (Fsp3) is 0.300. The number of benzene rings is 2. The fourth-order valence-electron chi connectivity index (χ4n) is 3.31. The topological polar surface area (TPSA) is 57.8 Å². The van der Waals surface area contributed by atoms with Crippen LogP contribution in [0.2, 0.25) is 0 Å². The van der Waals surface area contributed by atoms with Gasteiger partial charge in [-0.1, -0.05) is 40.2 Å². The Labute approximate surface area is 155 Å². The molecule has 1 saturated carbocycles. The Bertz CT molecular complexity index is 881. The van der Waals surface area contributed by atoms with Crippen LogP contribution in [0.4, 0.5) is 0 Å². The zero-order chi connectivity index (χ0) is 17.3. The van der Waals surface area contributed by atoms with Crippen molar-refractivity contribution in [2.45, 2.75) is 31.1 Å². The molecule has 1 aliphatic rings. The fourth-order valence-corrected chi connectivity index (χ4v) is 3.71. The highest BCUT2D eigenvalue weighted by molar-refractivity contribution is 9.10. The van der Waals surface area contributed by atoms with E-state index in [1.807, 2.05) is 42.5 Å². The first-order chi connectivity index (χ1) is 12.2. The second-order valence-electron chi connectivity index (χ2n) is 6.65. The van der Waals surface area contributed by atoms with E-state index >= 15 is 0 Å². The van der Waals surface area contributed by atoms with Gasteiger partial charge in [0.05, 0.1) is 16.4 Å². The molecule has 5 heteroatoms. The smallest absolute Gasteiger partial charge is 0.230 e. The molecule has 0 aliphatic heterocycles. The maximum Gasteiger partial charge on any atom is 0.230 e. The maximum absolute atomic E-state index is 12.6. The minimum Gasteiger partial charge on any atom is -0.355 e. The van der Waals surface area contributed by atoms with Crippen molar-refractivity contribution in [3.8, 4) is 0 Å². The molecule has 0 spiro atoms. The van der Waals surface area contributed by atoms with Crippen molar-refractivity contribution in [3.63, 3.8) is 0 Å². The molecule has 128 valence electrons. The third-order valence-electron chi connectivity index (χ3n) is 4.88. The molecule has 25 heavy (non-hydrogen) atoms. The van der Waals surface area contributed by atoms with Crippen LogP contribution in [0, 0.1) is 0 Å². The lowest BCUT2D eigenvalue weighted by molar-refractivity contribution is -0.123. The van der Waals surface area contributed by atoms with Crippen molar-refractivity contribution < 1.29 is 4.79 Å². The minimum atomic E-state index is -0.316. The summed E-state index contributed by atoms with van der Waals surface area (Å²) in [4.78, 5) is 20.5. The molecule has 1 heterocycles. The third-order valence-corrected chi connectivity index (χ3v) is 5.37. The molecular formula is C20H20BrN3O. The number of hydrogen-bond donors (Lipinski definition) is 2. The number of fused-ring (bicyclic) bond motifs is 1. The average Bonchev–Trinajstić information content (AvgIpc) is 3.33. The lowest BCUT2D eigenvalue weighted by Gasteiger charge is -2.16. The highest BCUT2D eigenvalue weighted by atomic mass is 79.9. The molecule has 1 aromatic heterocycles. The molecule has 0 saturated heterocycles. The first-order valence-corrected chi connectivity index (χ1v) is 9.45. The van der Waals surface area contributed by atoms with Gasteiger partial charge in [-0.15, -0.1) is 0 Å². The quantitative estimate of drug-likeness (QED) is 0.614. The van der Waals surface area contributed by atoms with Crippen molar-refractivity contribution in [3.05, 3.63) is 64.4 Å². The largest absolute Gasteiger partial charge is 0.355 e. The second kappa shape index (κ2) is 6.64. The van der Waals surface area contributed by atoms with E-state index in [1.165, 1.54) is 0 Å². The second-order valence-corrected chi connectivity index (χ2v) is 7.57. The van der Waals surface area contributed by atoms with Gasteiger partial charge in [-0.2, -0.15) is 0 Å². The first kappa shape index (κ1) is 16.3. The molecule has 0 radical (unpaired) electrons. The van der Waals surface area contributed by atoms with Gasteiger partial charge in [-0.3, -0.25) is 4.79 Å². The normalized spacial score (nSPS) is 15.2. The number of imidazole rings is 1.